The lowest BCUT2D eigenvalue weighted by Gasteiger charge is -2.35. The van der Waals surface area contributed by atoms with E-state index in [2.05, 4.69) is 4.98 Å². The van der Waals surface area contributed by atoms with E-state index in [1.165, 1.54) is 9.13 Å². The summed E-state index contributed by atoms with van der Waals surface area (Å²) in [5.41, 5.74) is 2.07. The Labute approximate surface area is 220 Å². The first kappa shape index (κ1) is 25.3. The van der Waals surface area contributed by atoms with Crippen LogP contribution in [0.5, 0.6) is 5.75 Å². The van der Waals surface area contributed by atoms with Crippen LogP contribution in [0, 0.1) is 6.92 Å². The molecular weight excluding hydrogens is 486 g/mol. The van der Waals surface area contributed by atoms with Crippen LogP contribution in [0.2, 0.25) is 0 Å². The van der Waals surface area contributed by atoms with Gasteiger partial charge in [0.05, 0.1) is 24.6 Å². The van der Waals surface area contributed by atoms with Gasteiger partial charge in [-0.15, -0.1) is 0 Å². The molecule has 38 heavy (non-hydrogen) atoms. The molecule has 1 amide bonds. The van der Waals surface area contributed by atoms with Gasteiger partial charge in [0, 0.05) is 43.0 Å². The van der Waals surface area contributed by atoms with E-state index in [0.717, 1.165) is 16.6 Å². The monoisotopic (exact) mass is 517 g/mol. The zero-order valence-corrected chi connectivity index (χ0v) is 22.4. The largest absolute Gasteiger partial charge is 0.497 e. The van der Waals surface area contributed by atoms with Crippen LogP contribution in [0.3, 0.4) is 0 Å². The molecule has 10 nitrogen and oxygen atoms in total. The minimum atomic E-state index is -0.671. The SMILES string of the molecule is COc1ccc2c(CN3C(=O)c4ccc(-n5cnc(C)c5)c(=O)n4CC3C)cn(C(=O)OC(C)(C)C)c2c1. The summed E-state index contributed by atoms with van der Waals surface area (Å²) in [5, 5.41) is 0.811. The molecule has 0 N–H and O–H groups in total. The number of pyridine rings is 1. The van der Waals surface area contributed by atoms with Crippen molar-refractivity contribution in [2.24, 2.45) is 0 Å². The number of imidazole rings is 1. The molecule has 1 atom stereocenters. The van der Waals surface area contributed by atoms with Crippen molar-refractivity contribution in [1.29, 1.82) is 0 Å². The third-order valence-electron chi connectivity index (χ3n) is 6.63. The molecule has 0 saturated heterocycles. The fourth-order valence-electron chi connectivity index (χ4n) is 4.80. The Morgan fingerprint density at radius 2 is 1.89 bits per heavy atom. The number of carbonyl (C=O) groups is 2. The van der Waals surface area contributed by atoms with Crippen molar-refractivity contribution in [2.45, 2.75) is 59.4 Å². The fraction of sp³-hybridized carbons (Fsp3) is 0.357. The second kappa shape index (κ2) is 9.20. The molecule has 0 radical (unpaired) electrons. The molecule has 0 bridgehead atoms. The average Bonchev–Trinajstić information content (AvgIpc) is 3.44. The number of aryl methyl sites for hydroxylation is 1. The fourth-order valence-corrected chi connectivity index (χ4v) is 4.80. The topological polar surface area (TPSA) is 101 Å². The molecule has 4 heterocycles. The summed E-state index contributed by atoms with van der Waals surface area (Å²) >= 11 is 0. The highest BCUT2D eigenvalue weighted by Crippen LogP contribution is 2.29. The smallest absolute Gasteiger partial charge is 0.419 e. The predicted molar refractivity (Wildman–Crippen MR) is 142 cm³/mol. The Balaban J connectivity index is 1.51. The van der Waals surface area contributed by atoms with Crippen molar-refractivity contribution in [3.8, 4) is 11.4 Å². The van der Waals surface area contributed by atoms with Gasteiger partial charge in [-0.05, 0) is 64.4 Å². The Morgan fingerprint density at radius 1 is 1.13 bits per heavy atom. The molecule has 1 unspecified atom stereocenters. The van der Waals surface area contributed by atoms with Crippen LogP contribution in [-0.4, -0.2) is 54.3 Å². The van der Waals surface area contributed by atoms with Crippen LogP contribution in [0.4, 0.5) is 4.79 Å². The lowest BCUT2D eigenvalue weighted by atomic mass is 10.1. The maximum atomic E-state index is 13.6. The lowest BCUT2D eigenvalue weighted by molar-refractivity contribution is 0.0544. The molecule has 3 aromatic heterocycles. The quantitative estimate of drug-likeness (QED) is 0.404. The van der Waals surface area contributed by atoms with Gasteiger partial charge in [0.1, 0.15) is 22.7 Å². The number of methoxy groups -OCH3 is 1. The van der Waals surface area contributed by atoms with Crippen molar-refractivity contribution in [1.82, 2.24) is 23.6 Å². The van der Waals surface area contributed by atoms with Crippen LogP contribution < -0.4 is 10.3 Å². The molecule has 0 fully saturated rings. The van der Waals surface area contributed by atoms with Gasteiger partial charge in [0.25, 0.3) is 11.5 Å². The third-order valence-corrected chi connectivity index (χ3v) is 6.63. The van der Waals surface area contributed by atoms with Crippen molar-refractivity contribution in [2.75, 3.05) is 7.11 Å². The lowest BCUT2D eigenvalue weighted by Crippen LogP contribution is -2.49. The van der Waals surface area contributed by atoms with Crippen molar-refractivity contribution in [3.05, 3.63) is 76.4 Å². The predicted octanol–water partition coefficient (Wildman–Crippen LogP) is 4.13. The van der Waals surface area contributed by atoms with Gasteiger partial charge in [-0.25, -0.2) is 9.78 Å². The highest BCUT2D eigenvalue weighted by atomic mass is 16.6. The standard InChI is InChI=1S/C28H31N5O5/c1-17-12-30(16-29-17)22-9-10-23-26(35)31(18(2)13-32(23)25(22)34)14-19-15-33(27(36)38-28(3,4)5)24-11-20(37-6)7-8-21(19)24/h7-12,15-16,18H,13-14H2,1-6H3. The van der Waals surface area contributed by atoms with Crippen LogP contribution in [0.1, 0.15) is 49.4 Å². The highest BCUT2D eigenvalue weighted by molar-refractivity contribution is 5.95. The zero-order chi connectivity index (χ0) is 27.4. The van der Waals surface area contributed by atoms with E-state index in [1.807, 2.05) is 46.8 Å². The normalized spacial score (nSPS) is 15.6. The number of carbonyl (C=O) groups excluding carboxylic acids is 2. The van der Waals surface area contributed by atoms with Crippen LogP contribution in [0.15, 0.2) is 53.8 Å². The number of rotatable bonds is 4. The van der Waals surface area contributed by atoms with Crippen LogP contribution >= 0.6 is 0 Å². The molecule has 1 aliphatic heterocycles. The number of fused-ring (bicyclic) bond motifs is 2. The number of hydrogen-bond donors (Lipinski definition) is 0. The average molecular weight is 518 g/mol. The van der Waals surface area contributed by atoms with E-state index >= 15 is 0 Å². The molecule has 198 valence electrons. The van der Waals surface area contributed by atoms with Gasteiger partial charge in [0.15, 0.2) is 0 Å². The summed E-state index contributed by atoms with van der Waals surface area (Å²) in [6.07, 6.45) is 4.57. The molecule has 1 aromatic carbocycles. The highest BCUT2D eigenvalue weighted by Gasteiger charge is 2.32. The number of aromatic nitrogens is 4. The Morgan fingerprint density at radius 3 is 2.55 bits per heavy atom. The van der Waals surface area contributed by atoms with Gasteiger partial charge >= 0.3 is 6.09 Å². The molecule has 1 aliphatic rings. The van der Waals surface area contributed by atoms with Crippen LogP contribution in [-0.2, 0) is 17.8 Å². The van der Waals surface area contributed by atoms with E-state index in [-0.39, 0.29) is 24.1 Å². The number of amides is 1. The maximum absolute atomic E-state index is 13.6. The number of nitrogens with zero attached hydrogens (tertiary/aromatic N) is 5. The maximum Gasteiger partial charge on any atom is 0.419 e. The Hall–Kier alpha value is -4.34. The molecule has 0 aliphatic carbocycles. The molecular formula is C28H31N5O5. The van der Waals surface area contributed by atoms with Crippen molar-refractivity contribution in [3.63, 3.8) is 0 Å². The minimum Gasteiger partial charge on any atom is -0.497 e. The third kappa shape index (κ3) is 4.46. The second-order valence-electron chi connectivity index (χ2n) is 10.6. The first-order valence-corrected chi connectivity index (χ1v) is 12.4. The van der Waals surface area contributed by atoms with Crippen LogP contribution in [0.25, 0.3) is 16.6 Å². The van der Waals surface area contributed by atoms with E-state index in [9.17, 15) is 14.4 Å². The van der Waals surface area contributed by atoms with Gasteiger partial charge in [-0.2, -0.15) is 0 Å². The number of benzene rings is 1. The first-order chi connectivity index (χ1) is 18.0. The number of hydrogen-bond acceptors (Lipinski definition) is 6. The Kier molecular flexibility index (Phi) is 6.13. The molecule has 0 saturated carbocycles. The van der Waals surface area contributed by atoms with Gasteiger partial charge < -0.3 is 23.5 Å². The molecule has 10 heteroatoms. The molecule has 5 rings (SSSR count). The number of ether oxygens (including phenoxy) is 2. The summed E-state index contributed by atoms with van der Waals surface area (Å²) in [4.78, 5) is 45.9. The van der Waals surface area contributed by atoms with Crippen molar-refractivity contribution >= 4 is 22.9 Å². The minimum absolute atomic E-state index is 0.242. The van der Waals surface area contributed by atoms with Gasteiger partial charge in [-0.1, -0.05) is 0 Å². The van der Waals surface area contributed by atoms with E-state index in [4.69, 9.17) is 9.47 Å². The summed E-state index contributed by atoms with van der Waals surface area (Å²) in [5.74, 6) is 0.354. The molecule has 4 aromatic rings. The van der Waals surface area contributed by atoms with Gasteiger partial charge in [0.2, 0.25) is 0 Å². The summed E-state index contributed by atoms with van der Waals surface area (Å²) < 4.78 is 15.7. The van der Waals surface area contributed by atoms with E-state index < -0.39 is 11.7 Å². The summed E-state index contributed by atoms with van der Waals surface area (Å²) in [6.45, 7) is 9.80. The second-order valence-corrected chi connectivity index (χ2v) is 10.6. The van der Waals surface area contributed by atoms with Crippen molar-refractivity contribution < 1.29 is 19.1 Å². The Bertz CT molecular complexity index is 1620. The van der Waals surface area contributed by atoms with Gasteiger partial charge in [-0.3, -0.25) is 14.2 Å². The first-order valence-electron chi connectivity index (χ1n) is 12.4. The zero-order valence-electron chi connectivity index (χ0n) is 22.4. The van der Waals surface area contributed by atoms with E-state index in [0.29, 0.717) is 29.2 Å². The summed E-state index contributed by atoms with van der Waals surface area (Å²) in [7, 11) is 1.57. The molecule has 0 spiro atoms. The summed E-state index contributed by atoms with van der Waals surface area (Å²) in [6, 6.07) is 8.55. The van der Waals surface area contributed by atoms with E-state index in [1.54, 1.807) is 53.5 Å².